The average molecular weight is 261 g/mol. The Hall–Kier alpha value is -2.20. The summed E-state index contributed by atoms with van der Waals surface area (Å²) in [5.74, 6) is -0.485. The van der Waals surface area contributed by atoms with Gasteiger partial charge in [-0.15, -0.1) is 0 Å². The molecule has 0 bridgehead atoms. The molecule has 5 heteroatoms. The van der Waals surface area contributed by atoms with Gasteiger partial charge in [0.25, 0.3) is 0 Å². The summed E-state index contributed by atoms with van der Waals surface area (Å²) in [4.78, 5) is 18.8. The van der Waals surface area contributed by atoms with Crippen molar-refractivity contribution in [2.24, 2.45) is 0 Å². The van der Waals surface area contributed by atoms with Crippen LogP contribution >= 0.6 is 11.6 Å². The van der Waals surface area contributed by atoms with Crippen LogP contribution in [0.2, 0.25) is 5.02 Å². The molecule has 0 fully saturated rings. The van der Waals surface area contributed by atoms with E-state index in [1.165, 1.54) is 6.08 Å². The third-order valence-electron chi connectivity index (χ3n) is 2.18. The maximum absolute atomic E-state index is 10.4. The molecule has 0 radical (unpaired) electrons. The minimum Gasteiger partial charge on any atom is -0.478 e. The number of carboxylic acids is 1. The van der Waals surface area contributed by atoms with Crippen LogP contribution in [0.4, 0.5) is 0 Å². The number of halogens is 1. The fraction of sp³-hybridized carbons (Fsp3) is 0. The molecule has 18 heavy (non-hydrogen) atoms. The number of nitrogens with zero attached hydrogens (tertiary/aromatic N) is 2. The van der Waals surface area contributed by atoms with Crippen LogP contribution in [0, 0.1) is 0 Å². The molecule has 1 heterocycles. The molecule has 0 unspecified atom stereocenters. The highest BCUT2D eigenvalue weighted by atomic mass is 35.5. The molecule has 4 nitrogen and oxygen atoms in total. The van der Waals surface area contributed by atoms with Gasteiger partial charge in [-0.2, -0.15) is 0 Å². The van der Waals surface area contributed by atoms with Crippen molar-refractivity contribution in [1.82, 2.24) is 9.97 Å². The third-order valence-corrected chi connectivity index (χ3v) is 2.43. The van der Waals surface area contributed by atoms with Crippen LogP contribution in [0.25, 0.3) is 17.5 Å². The quantitative estimate of drug-likeness (QED) is 0.862. The molecule has 0 saturated carbocycles. The van der Waals surface area contributed by atoms with E-state index in [2.05, 4.69) is 9.97 Å². The van der Waals surface area contributed by atoms with Gasteiger partial charge in [-0.1, -0.05) is 11.6 Å². The highest BCUT2D eigenvalue weighted by Crippen LogP contribution is 2.18. The number of hydrogen-bond acceptors (Lipinski definition) is 3. The van der Waals surface area contributed by atoms with Gasteiger partial charge in [-0.3, -0.25) is 0 Å². The maximum Gasteiger partial charge on any atom is 0.328 e. The normalized spacial score (nSPS) is 10.7. The summed E-state index contributed by atoms with van der Waals surface area (Å²) < 4.78 is 0. The molecule has 0 spiro atoms. The molecule has 1 aromatic heterocycles. The zero-order chi connectivity index (χ0) is 13.0. The van der Waals surface area contributed by atoms with Crippen molar-refractivity contribution in [1.29, 1.82) is 0 Å². The van der Waals surface area contributed by atoms with Gasteiger partial charge in [0.15, 0.2) is 5.82 Å². The summed E-state index contributed by atoms with van der Waals surface area (Å²) in [6.07, 6.45) is 4.04. The van der Waals surface area contributed by atoms with Gasteiger partial charge in [0.1, 0.15) is 0 Å². The zero-order valence-corrected chi connectivity index (χ0v) is 10.0. The monoisotopic (exact) mass is 260 g/mol. The van der Waals surface area contributed by atoms with E-state index in [0.29, 0.717) is 16.5 Å². The highest BCUT2D eigenvalue weighted by Gasteiger charge is 2.01. The second-order valence-corrected chi connectivity index (χ2v) is 3.92. The van der Waals surface area contributed by atoms with E-state index in [4.69, 9.17) is 16.7 Å². The zero-order valence-electron chi connectivity index (χ0n) is 9.25. The topological polar surface area (TPSA) is 63.1 Å². The van der Waals surface area contributed by atoms with Crippen LogP contribution in [0.15, 0.2) is 42.6 Å². The van der Waals surface area contributed by atoms with Crippen LogP contribution in [-0.2, 0) is 4.79 Å². The Kier molecular flexibility index (Phi) is 3.69. The molecular formula is C13H9ClN2O2. The summed E-state index contributed by atoms with van der Waals surface area (Å²) >= 11 is 5.80. The fourth-order valence-corrected chi connectivity index (χ4v) is 1.49. The molecule has 0 aliphatic heterocycles. The SMILES string of the molecule is O=C(O)/C=C/c1ccnc(-c2ccc(Cl)cc2)n1. The number of carboxylic acid groups (broad SMARTS) is 1. The Morgan fingerprint density at radius 1 is 1.22 bits per heavy atom. The summed E-state index contributed by atoms with van der Waals surface area (Å²) in [6.45, 7) is 0. The van der Waals surface area contributed by atoms with E-state index in [9.17, 15) is 4.79 Å². The average Bonchev–Trinajstić information content (AvgIpc) is 2.37. The highest BCUT2D eigenvalue weighted by molar-refractivity contribution is 6.30. The van der Waals surface area contributed by atoms with Gasteiger partial charge >= 0.3 is 5.97 Å². The van der Waals surface area contributed by atoms with Gasteiger partial charge in [0.05, 0.1) is 5.69 Å². The van der Waals surface area contributed by atoms with Crippen LogP contribution < -0.4 is 0 Å². The van der Waals surface area contributed by atoms with Crippen LogP contribution in [-0.4, -0.2) is 21.0 Å². The Labute approximate surface area is 109 Å². The Balaban J connectivity index is 2.32. The van der Waals surface area contributed by atoms with Gasteiger partial charge in [0.2, 0.25) is 0 Å². The molecular weight excluding hydrogens is 252 g/mol. The van der Waals surface area contributed by atoms with Crippen molar-refractivity contribution in [3.05, 3.63) is 53.3 Å². The molecule has 2 aromatic rings. The van der Waals surface area contributed by atoms with E-state index >= 15 is 0 Å². The van der Waals surface area contributed by atoms with Crippen molar-refractivity contribution in [3.63, 3.8) is 0 Å². The number of aromatic nitrogens is 2. The van der Waals surface area contributed by atoms with Crippen LogP contribution in [0.5, 0.6) is 0 Å². The Bertz CT molecular complexity index is 594. The predicted octanol–water partition coefficient (Wildman–Crippen LogP) is 2.89. The molecule has 2 rings (SSSR count). The van der Waals surface area contributed by atoms with Gasteiger partial charge in [-0.25, -0.2) is 14.8 Å². The summed E-state index contributed by atoms with van der Waals surface area (Å²) in [7, 11) is 0. The Morgan fingerprint density at radius 3 is 2.61 bits per heavy atom. The van der Waals surface area contributed by atoms with Gasteiger partial charge < -0.3 is 5.11 Å². The van der Waals surface area contributed by atoms with E-state index in [1.54, 1.807) is 24.4 Å². The lowest BCUT2D eigenvalue weighted by molar-refractivity contribution is -0.131. The minimum atomic E-state index is -1.01. The number of rotatable bonds is 3. The molecule has 1 N–H and O–H groups in total. The van der Waals surface area contributed by atoms with Crippen molar-refractivity contribution in [2.75, 3.05) is 0 Å². The molecule has 0 amide bonds. The predicted molar refractivity (Wildman–Crippen MR) is 69.1 cm³/mol. The van der Waals surface area contributed by atoms with Gasteiger partial charge in [0, 0.05) is 22.9 Å². The number of carbonyl (C=O) groups is 1. The second-order valence-electron chi connectivity index (χ2n) is 3.48. The van der Waals surface area contributed by atoms with Crippen molar-refractivity contribution >= 4 is 23.6 Å². The summed E-state index contributed by atoms with van der Waals surface area (Å²) in [5.41, 5.74) is 1.36. The molecule has 0 aliphatic carbocycles. The first kappa shape index (κ1) is 12.3. The third kappa shape index (κ3) is 3.15. The second kappa shape index (κ2) is 5.42. The molecule has 0 saturated heterocycles. The number of benzene rings is 1. The van der Waals surface area contributed by atoms with E-state index < -0.39 is 5.97 Å². The van der Waals surface area contributed by atoms with Gasteiger partial charge in [-0.05, 0) is 36.4 Å². The van der Waals surface area contributed by atoms with E-state index in [0.717, 1.165) is 11.6 Å². The van der Waals surface area contributed by atoms with Crippen LogP contribution in [0.3, 0.4) is 0 Å². The minimum absolute atomic E-state index is 0.527. The lowest BCUT2D eigenvalue weighted by atomic mass is 10.2. The first-order valence-corrected chi connectivity index (χ1v) is 5.53. The standard InChI is InChI=1S/C13H9ClN2O2/c14-10-3-1-9(2-4-10)13-15-8-7-11(16-13)5-6-12(17)18/h1-8H,(H,17,18)/b6-5+. The largest absolute Gasteiger partial charge is 0.478 e. The van der Waals surface area contributed by atoms with Crippen molar-refractivity contribution < 1.29 is 9.90 Å². The molecule has 0 atom stereocenters. The fourth-order valence-electron chi connectivity index (χ4n) is 1.36. The van der Waals surface area contributed by atoms with Crippen molar-refractivity contribution in [2.45, 2.75) is 0 Å². The maximum atomic E-state index is 10.4. The van der Waals surface area contributed by atoms with E-state index in [1.807, 2.05) is 12.1 Å². The van der Waals surface area contributed by atoms with Crippen LogP contribution in [0.1, 0.15) is 5.69 Å². The number of aliphatic carboxylic acids is 1. The molecule has 90 valence electrons. The van der Waals surface area contributed by atoms with E-state index in [-0.39, 0.29) is 0 Å². The first-order valence-electron chi connectivity index (χ1n) is 5.15. The Morgan fingerprint density at radius 2 is 1.94 bits per heavy atom. The smallest absolute Gasteiger partial charge is 0.328 e. The summed E-state index contributed by atoms with van der Waals surface area (Å²) in [5, 5.41) is 9.19. The lowest BCUT2D eigenvalue weighted by Crippen LogP contribution is -1.92. The molecule has 1 aromatic carbocycles. The van der Waals surface area contributed by atoms with Crippen molar-refractivity contribution in [3.8, 4) is 11.4 Å². The summed E-state index contributed by atoms with van der Waals surface area (Å²) in [6, 6.07) is 8.75. The number of hydrogen-bond donors (Lipinski definition) is 1. The first-order chi connectivity index (χ1) is 8.65. The lowest BCUT2D eigenvalue weighted by Gasteiger charge is -2.00. The molecule has 0 aliphatic rings.